The van der Waals surface area contributed by atoms with Gasteiger partial charge in [-0.25, -0.2) is 0 Å². The Kier molecular flexibility index (Phi) is 9.62. The molecule has 2 aromatic carbocycles. The molecule has 2 rings (SSSR count). The van der Waals surface area contributed by atoms with E-state index >= 15 is 0 Å². The second-order valence-corrected chi connectivity index (χ2v) is 7.17. The van der Waals surface area contributed by atoms with Crippen molar-refractivity contribution >= 4 is 17.9 Å². The van der Waals surface area contributed by atoms with E-state index in [0.29, 0.717) is 24.5 Å². The molecule has 0 fully saturated rings. The molecular formula is C25H32N2O4. The first-order valence-electron chi connectivity index (χ1n) is 10.7. The summed E-state index contributed by atoms with van der Waals surface area (Å²) in [7, 11) is 1.59. The Morgan fingerprint density at radius 2 is 1.61 bits per heavy atom. The molecule has 0 spiro atoms. The first-order valence-corrected chi connectivity index (χ1v) is 10.7. The standard InChI is InChI=1S/C25H32N2O4/c1-5-15-30-22-13-12-21(17-23(22)31-16-6-2)18(3)27-24(28)14-9-19-7-10-20(11-8-19)25(29)26-4/h7-14,17-18H,5-6,15-16H2,1-4H3,(H,26,29)(H,27,28)/b14-9+. The summed E-state index contributed by atoms with van der Waals surface area (Å²) in [4.78, 5) is 24.0. The van der Waals surface area contributed by atoms with Gasteiger partial charge in [-0.05, 0) is 61.2 Å². The van der Waals surface area contributed by atoms with Gasteiger partial charge < -0.3 is 20.1 Å². The average Bonchev–Trinajstić information content (AvgIpc) is 2.80. The Labute approximate surface area is 184 Å². The van der Waals surface area contributed by atoms with Gasteiger partial charge in [0.25, 0.3) is 5.91 Å². The molecule has 0 saturated heterocycles. The monoisotopic (exact) mass is 424 g/mol. The molecule has 1 atom stereocenters. The second kappa shape index (κ2) is 12.4. The Morgan fingerprint density at radius 3 is 2.23 bits per heavy atom. The van der Waals surface area contributed by atoms with Crippen LogP contribution in [0.5, 0.6) is 11.5 Å². The quantitative estimate of drug-likeness (QED) is 0.520. The maximum absolute atomic E-state index is 12.4. The van der Waals surface area contributed by atoms with Crippen molar-refractivity contribution in [2.75, 3.05) is 20.3 Å². The molecule has 2 N–H and O–H groups in total. The fourth-order valence-corrected chi connectivity index (χ4v) is 2.86. The van der Waals surface area contributed by atoms with E-state index in [1.54, 1.807) is 37.4 Å². The normalized spacial score (nSPS) is 11.7. The highest BCUT2D eigenvalue weighted by Gasteiger charge is 2.13. The third-order valence-electron chi connectivity index (χ3n) is 4.58. The van der Waals surface area contributed by atoms with Crippen LogP contribution < -0.4 is 20.1 Å². The smallest absolute Gasteiger partial charge is 0.251 e. The molecule has 0 radical (unpaired) electrons. The fraction of sp³-hybridized carbons (Fsp3) is 0.360. The summed E-state index contributed by atoms with van der Waals surface area (Å²) in [5.41, 5.74) is 2.35. The molecule has 166 valence electrons. The molecule has 0 aliphatic rings. The maximum atomic E-state index is 12.4. The van der Waals surface area contributed by atoms with E-state index in [9.17, 15) is 9.59 Å². The van der Waals surface area contributed by atoms with Crippen molar-refractivity contribution in [2.45, 2.75) is 39.7 Å². The predicted molar refractivity (Wildman–Crippen MR) is 123 cm³/mol. The molecule has 6 nitrogen and oxygen atoms in total. The van der Waals surface area contributed by atoms with Gasteiger partial charge in [0.05, 0.1) is 19.3 Å². The van der Waals surface area contributed by atoms with Crippen LogP contribution in [-0.2, 0) is 4.79 Å². The van der Waals surface area contributed by atoms with Gasteiger partial charge in [-0.15, -0.1) is 0 Å². The van der Waals surface area contributed by atoms with Gasteiger partial charge in [-0.2, -0.15) is 0 Å². The summed E-state index contributed by atoms with van der Waals surface area (Å²) in [5.74, 6) is 1.07. The molecule has 0 bridgehead atoms. The van der Waals surface area contributed by atoms with Gasteiger partial charge in [0, 0.05) is 18.7 Å². The number of carbonyl (C=O) groups excluding carboxylic acids is 2. The largest absolute Gasteiger partial charge is 0.490 e. The molecule has 0 aliphatic heterocycles. The van der Waals surface area contributed by atoms with Crippen LogP contribution in [0, 0.1) is 0 Å². The van der Waals surface area contributed by atoms with E-state index < -0.39 is 0 Å². The average molecular weight is 425 g/mol. The maximum Gasteiger partial charge on any atom is 0.251 e. The van der Waals surface area contributed by atoms with Crippen molar-refractivity contribution in [1.29, 1.82) is 0 Å². The second-order valence-electron chi connectivity index (χ2n) is 7.17. The zero-order valence-electron chi connectivity index (χ0n) is 18.7. The highest BCUT2D eigenvalue weighted by atomic mass is 16.5. The van der Waals surface area contributed by atoms with Crippen molar-refractivity contribution in [2.24, 2.45) is 0 Å². The molecule has 0 heterocycles. The van der Waals surface area contributed by atoms with Gasteiger partial charge in [-0.1, -0.05) is 32.0 Å². The lowest BCUT2D eigenvalue weighted by Crippen LogP contribution is -2.24. The molecular weight excluding hydrogens is 392 g/mol. The minimum absolute atomic E-state index is 0.143. The van der Waals surface area contributed by atoms with Gasteiger partial charge in [0.1, 0.15) is 0 Å². The Hall–Kier alpha value is -3.28. The summed E-state index contributed by atoms with van der Waals surface area (Å²) >= 11 is 0. The van der Waals surface area contributed by atoms with E-state index in [2.05, 4.69) is 24.5 Å². The number of amides is 2. The molecule has 2 amide bonds. The van der Waals surface area contributed by atoms with E-state index in [-0.39, 0.29) is 17.9 Å². The molecule has 0 aromatic heterocycles. The lowest BCUT2D eigenvalue weighted by Gasteiger charge is -2.17. The zero-order chi connectivity index (χ0) is 22.6. The van der Waals surface area contributed by atoms with Crippen LogP contribution in [0.25, 0.3) is 6.08 Å². The summed E-state index contributed by atoms with van der Waals surface area (Å²) in [6.45, 7) is 7.27. The van der Waals surface area contributed by atoms with Crippen LogP contribution in [0.1, 0.15) is 61.1 Å². The van der Waals surface area contributed by atoms with Crippen molar-refractivity contribution in [3.05, 3.63) is 65.2 Å². The Balaban J connectivity index is 2.02. The Bertz CT molecular complexity index is 891. The molecule has 0 aliphatic carbocycles. The van der Waals surface area contributed by atoms with Crippen LogP contribution in [-0.4, -0.2) is 32.1 Å². The van der Waals surface area contributed by atoms with E-state index in [1.165, 1.54) is 6.08 Å². The van der Waals surface area contributed by atoms with Gasteiger partial charge >= 0.3 is 0 Å². The Morgan fingerprint density at radius 1 is 0.968 bits per heavy atom. The predicted octanol–water partition coefficient (Wildman–Crippen LogP) is 4.51. The van der Waals surface area contributed by atoms with Crippen molar-refractivity contribution in [3.8, 4) is 11.5 Å². The lowest BCUT2D eigenvalue weighted by atomic mass is 10.1. The minimum atomic E-state index is -0.204. The number of nitrogens with one attached hydrogen (secondary N) is 2. The fourth-order valence-electron chi connectivity index (χ4n) is 2.86. The SMILES string of the molecule is CCCOc1ccc(C(C)NC(=O)/C=C/c2ccc(C(=O)NC)cc2)cc1OCCC. The molecule has 0 saturated carbocycles. The van der Waals surface area contributed by atoms with E-state index in [0.717, 1.165) is 29.7 Å². The highest BCUT2D eigenvalue weighted by molar-refractivity contribution is 5.94. The van der Waals surface area contributed by atoms with Gasteiger partial charge in [-0.3, -0.25) is 9.59 Å². The van der Waals surface area contributed by atoms with E-state index in [1.807, 2.05) is 25.1 Å². The van der Waals surface area contributed by atoms with Crippen LogP contribution in [0.2, 0.25) is 0 Å². The van der Waals surface area contributed by atoms with Crippen molar-refractivity contribution in [1.82, 2.24) is 10.6 Å². The number of hydrogen-bond acceptors (Lipinski definition) is 4. The first kappa shape index (κ1) is 24.0. The zero-order valence-corrected chi connectivity index (χ0v) is 18.7. The third kappa shape index (κ3) is 7.48. The topological polar surface area (TPSA) is 76.7 Å². The minimum Gasteiger partial charge on any atom is -0.490 e. The van der Waals surface area contributed by atoms with Crippen LogP contribution in [0.4, 0.5) is 0 Å². The number of ether oxygens (including phenoxy) is 2. The number of benzene rings is 2. The van der Waals surface area contributed by atoms with Crippen molar-refractivity contribution in [3.63, 3.8) is 0 Å². The lowest BCUT2D eigenvalue weighted by molar-refractivity contribution is -0.117. The third-order valence-corrected chi connectivity index (χ3v) is 4.58. The molecule has 6 heteroatoms. The number of carbonyl (C=O) groups is 2. The number of hydrogen-bond donors (Lipinski definition) is 2. The van der Waals surface area contributed by atoms with E-state index in [4.69, 9.17) is 9.47 Å². The van der Waals surface area contributed by atoms with Gasteiger partial charge in [0.15, 0.2) is 11.5 Å². The van der Waals surface area contributed by atoms with Crippen molar-refractivity contribution < 1.29 is 19.1 Å². The summed E-state index contributed by atoms with van der Waals surface area (Å²) in [5, 5.41) is 5.54. The summed E-state index contributed by atoms with van der Waals surface area (Å²) in [6, 6.07) is 12.6. The molecule has 1 unspecified atom stereocenters. The van der Waals surface area contributed by atoms with Gasteiger partial charge in [0.2, 0.25) is 5.91 Å². The van der Waals surface area contributed by atoms with Crippen LogP contribution in [0.15, 0.2) is 48.5 Å². The summed E-state index contributed by atoms with van der Waals surface area (Å²) < 4.78 is 11.6. The molecule has 2 aromatic rings. The first-order chi connectivity index (χ1) is 15.0. The highest BCUT2D eigenvalue weighted by Crippen LogP contribution is 2.31. The summed E-state index contributed by atoms with van der Waals surface area (Å²) in [6.07, 6.45) is 5.02. The van der Waals surface area contributed by atoms with Crippen LogP contribution in [0.3, 0.4) is 0 Å². The molecule has 31 heavy (non-hydrogen) atoms. The number of rotatable bonds is 11. The van der Waals surface area contributed by atoms with Crippen LogP contribution >= 0.6 is 0 Å².